The molecule has 1 heterocycles. The first-order valence-corrected chi connectivity index (χ1v) is 5.18. The van der Waals surface area contributed by atoms with E-state index in [4.69, 9.17) is 5.11 Å². The summed E-state index contributed by atoms with van der Waals surface area (Å²) in [6.45, 7) is 1.35. The Morgan fingerprint density at radius 3 is 2.61 bits per heavy atom. The van der Waals surface area contributed by atoms with Crippen LogP contribution in [0.1, 0.15) is 22.5 Å². The Hall–Kier alpha value is -1.79. The molecular formula is C11H13F3N2O2. The highest BCUT2D eigenvalue weighted by molar-refractivity contribution is 5.94. The third-order valence-electron chi connectivity index (χ3n) is 2.39. The number of hydrogen-bond donors (Lipinski definition) is 1. The Morgan fingerprint density at radius 2 is 2.11 bits per heavy atom. The molecule has 1 N–H and O–H groups in total. The van der Waals surface area contributed by atoms with Crippen molar-refractivity contribution in [3.63, 3.8) is 0 Å². The molecule has 0 unspecified atom stereocenters. The van der Waals surface area contributed by atoms with Gasteiger partial charge in [-0.25, -0.2) is 4.79 Å². The predicted molar refractivity (Wildman–Crippen MR) is 59.9 cm³/mol. The van der Waals surface area contributed by atoms with Crippen LogP contribution in [0.2, 0.25) is 0 Å². The van der Waals surface area contributed by atoms with Gasteiger partial charge in [0.25, 0.3) is 0 Å². The van der Waals surface area contributed by atoms with Crippen LogP contribution in [-0.2, 0) is 0 Å². The number of pyridine rings is 1. The van der Waals surface area contributed by atoms with Crippen LogP contribution < -0.4 is 4.90 Å². The number of aromatic carboxylic acids is 1. The minimum absolute atomic E-state index is 0.106. The van der Waals surface area contributed by atoms with Crippen LogP contribution in [0.3, 0.4) is 0 Å². The number of rotatable bonds is 4. The number of alkyl halides is 3. The smallest absolute Gasteiger partial charge is 0.390 e. The molecule has 0 spiro atoms. The molecule has 100 valence electrons. The SMILES string of the molecule is Cc1cc(N(C)CCC(F)(F)F)c(C(=O)O)cn1. The second-order valence-electron chi connectivity index (χ2n) is 3.93. The van der Waals surface area contributed by atoms with E-state index in [9.17, 15) is 18.0 Å². The second-order valence-corrected chi connectivity index (χ2v) is 3.93. The van der Waals surface area contributed by atoms with Crippen molar-refractivity contribution >= 4 is 11.7 Å². The van der Waals surface area contributed by atoms with Gasteiger partial charge in [0.2, 0.25) is 0 Å². The number of carboxylic acids is 1. The molecule has 1 aromatic heterocycles. The van der Waals surface area contributed by atoms with Crippen molar-refractivity contribution in [1.82, 2.24) is 4.98 Å². The minimum Gasteiger partial charge on any atom is -0.478 e. The molecule has 7 heteroatoms. The van der Waals surface area contributed by atoms with E-state index in [1.807, 2.05) is 0 Å². The number of hydrogen-bond acceptors (Lipinski definition) is 3. The summed E-state index contributed by atoms with van der Waals surface area (Å²) in [5.74, 6) is -1.21. The van der Waals surface area contributed by atoms with Crippen LogP contribution in [0, 0.1) is 6.92 Å². The Morgan fingerprint density at radius 1 is 1.50 bits per heavy atom. The zero-order valence-electron chi connectivity index (χ0n) is 9.95. The molecule has 0 amide bonds. The van der Waals surface area contributed by atoms with E-state index in [0.717, 1.165) is 6.20 Å². The van der Waals surface area contributed by atoms with Gasteiger partial charge in [-0.3, -0.25) is 4.98 Å². The average molecular weight is 262 g/mol. The number of carbonyl (C=O) groups is 1. The van der Waals surface area contributed by atoms with Crippen LogP contribution in [0.4, 0.5) is 18.9 Å². The lowest BCUT2D eigenvalue weighted by molar-refractivity contribution is -0.132. The van der Waals surface area contributed by atoms with Crippen LogP contribution >= 0.6 is 0 Å². The van der Waals surface area contributed by atoms with Crippen LogP contribution in [-0.4, -0.2) is 35.8 Å². The van der Waals surface area contributed by atoms with Crippen molar-refractivity contribution < 1.29 is 23.1 Å². The zero-order chi connectivity index (χ0) is 13.9. The van der Waals surface area contributed by atoms with Crippen molar-refractivity contribution in [2.24, 2.45) is 0 Å². The Kier molecular flexibility index (Phi) is 4.15. The molecule has 0 aliphatic carbocycles. The second kappa shape index (κ2) is 5.24. The molecule has 0 aliphatic rings. The Balaban J connectivity index is 2.93. The Bertz CT molecular complexity index is 446. The van der Waals surface area contributed by atoms with Gasteiger partial charge in [0, 0.05) is 25.5 Å². The van der Waals surface area contributed by atoms with E-state index in [-0.39, 0.29) is 17.8 Å². The van der Waals surface area contributed by atoms with Gasteiger partial charge >= 0.3 is 12.1 Å². The van der Waals surface area contributed by atoms with Crippen LogP contribution in [0.5, 0.6) is 0 Å². The molecule has 4 nitrogen and oxygen atoms in total. The summed E-state index contributed by atoms with van der Waals surface area (Å²) in [5, 5.41) is 8.94. The zero-order valence-corrected chi connectivity index (χ0v) is 9.95. The molecule has 0 fully saturated rings. The normalized spacial score (nSPS) is 11.4. The van der Waals surface area contributed by atoms with Gasteiger partial charge in [0.1, 0.15) is 5.56 Å². The number of aromatic nitrogens is 1. The van der Waals surface area contributed by atoms with Gasteiger partial charge in [-0.05, 0) is 13.0 Å². The highest BCUT2D eigenvalue weighted by Gasteiger charge is 2.27. The fourth-order valence-electron chi connectivity index (χ4n) is 1.44. The molecule has 18 heavy (non-hydrogen) atoms. The Labute approximate surface area is 102 Å². The summed E-state index contributed by atoms with van der Waals surface area (Å²) < 4.78 is 36.3. The van der Waals surface area contributed by atoms with E-state index >= 15 is 0 Å². The third kappa shape index (κ3) is 3.90. The third-order valence-corrected chi connectivity index (χ3v) is 2.39. The van der Waals surface area contributed by atoms with Gasteiger partial charge in [-0.2, -0.15) is 13.2 Å². The first-order chi connectivity index (χ1) is 8.20. The lowest BCUT2D eigenvalue weighted by Crippen LogP contribution is -2.25. The lowest BCUT2D eigenvalue weighted by atomic mass is 10.2. The summed E-state index contributed by atoms with van der Waals surface area (Å²) in [5.41, 5.74) is 0.679. The van der Waals surface area contributed by atoms with Crippen molar-refractivity contribution in [3.8, 4) is 0 Å². The van der Waals surface area contributed by atoms with Crippen molar-refractivity contribution in [2.75, 3.05) is 18.5 Å². The van der Waals surface area contributed by atoms with Crippen LogP contribution in [0.15, 0.2) is 12.3 Å². The fraction of sp³-hybridized carbons (Fsp3) is 0.455. The van der Waals surface area contributed by atoms with Crippen LogP contribution in [0.25, 0.3) is 0 Å². The molecule has 0 saturated carbocycles. The fourth-order valence-corrected chi connectivity index (χ4v) is 1.44. The summed E-state index contributed by atoms with van der Waals surface area (Å²) >= 11 is 0. The van der Waals surface area contributed by atoms with Gasteiger partial charge in [-0.1, -0.05) is 0 Å². The molecular weight excluding hydrogens is 249 g/mol. The van der Waals surface area contributed by atoms with Crippen molar-refractivity contribution in [3.05, 3.63) is 23.5 Å². The summed E-state index contributed by atoms with van der Waals surface area (Å²) in [7, 11) is 1.42. The van der Waals surface area contributed by atoms with E-state index in [1.54, 1.807) is 6.92 Å². The number of nitrogens with zero attached hydrogens (tertiary/aromatic N) is 2. The van der Waals surface area contributed by atoms with Gasteiger partial charge in [-0.15, -0.1) is 0 Å². The monoisotopic (exact) mass is 262 g/mol. The molecule has 0 aromatic carbocycles. The number of anilines is 1. The van der Waals surface area contributed by atoms with Gasteiger partial charge in [0.15, 0.2) is 0 Å². The topological polar surface area (TPSA) is 53.4 Å². The maximum Gasteiger partial charge on any atom is 0.390 e. The molecule has 0 radical (unpaired) electrons. The van der Waals surface area contributed by atoms with Crippen molar-refractivity contribution in [1.29, 1.82) is 0 Å². The van der Waals surface area contributed by atoms with Crippen molar-refractivity contribution in [2.45, 2.75) is 19.5 Å². The number of halogens is 3. The highest BCUT2D eigenvalue weighted by Crippen LogP contribution is 2.24. The van der Waals surface area contributed by atoms with E-state index < -0.39 is 18.6 Å². The lowest BCUT2D eigenvalue weighted by Gasteiger charge is -2.22. The summed E-state index contributed by atoms with van der Waals surface area (Å²) in [6, 6.07) is 1.46. The molecule has 1 aromatic rings. The van der Waals surface area contributed by atoms with E-state index in [0.29, 0.717) is 5.69 Å². The largest absolute Gasteiger partial charge is 0.478 e. The predicted octanol–water partition coefficient (Wildman–Crippen LogP) is 2.48. The number of carboxylic acid groups (broad SMARTS) is 1. The highest BCUT2D eigenvalue weighted by atomic mass is 19.4. The number of aryl methyl sites for hydroxylation is 1. The average Bonchev–Trinajstić information content (AvgIpc) is 2.24. The standard InChI is InChI=1S/C11H13F3N2O2/c1-7-5-9(8(6-15-7)10(17)18)16(2)4-3-11(12,13)14/h5-6H,3-4H2,1-2H3,(H,17,18). The molecule has 1 rings (SSSR count). The first kappa shape index (κ1) is 14.3. The maximum atomic E-state index is 12.1. The maximum absolute atomic E-state index is 12.1. The molecule has 0 bridgehead atoms. The molecule has 0 aliphatic heterocycles. The summed E-state index contributed by atoms with van der Waals surface area (Å²) in [6.07, 6.45) is -4.11. The molecule has 0 saturated heterocycles. The van der Waals surface area contributed by atoms with E-state index in [2.05, 4.69) is 4.98 Å². The quantitative estimate of drug-likeness (QED) is 0.905. The first-order valence-electron chi connectivity index (χ1n) is 5.18. The van der Waals surface area contributed by atoms with Gasteiger partial charge in [0.05, 0.1) is 12.1 Å². The minimum atomic E-state index is -4.26. The molecule has 0 atom stereocenters. The van der Waals surface area contributed by atoms with E-state index in [1.165, 1.54) is 18.0 Å². The van der Waals surface area contributed by atoms with Gasteiger partial charge < -0.3 is 10.0 Å². The summed E-state index contributed by atoms with van der Waals surface area (Å²) in [4.78, 5) is 16.0.